The molecule has 2 rings (SSSR count). The lowest BCUT2D eigenvalue weighted by Crippen LogP contribution is -2.58. The normalized spacial score (nSPS) is 28.2. The van der Waals surface area contributed by atoms with E-state index in [1.807, 2.05) is 20.8 Å². The van der Waals surface area contributed by atoms with Crippen molar-refractivity contribution in [3.8, 4) is 0 Å². The first-order chi connectivity index (χ1) is 11.1. The van der Waals surface area contributed by atoms with Gasteiger partial charge >= 0.3 is 6.09 Å². The van der Waals surface area contributed by atoms with E-state index in [1.165, 1.54) is 0 Å². The number of hydrogen-bond acceptors (Lipinski definition) is 6. The molecule has 0 bridgehead atoms. The third-order valence-corrected chi connectivity index (χ3v) is 4.84. The Morgan fingerprint density at radius 3 is 2.42 bits per heavy atom. The molecule has 1 amide bonds. The summed E-state index contributed by atoms with van der Waals surface area (Å²) in [7, 11) is 0. The highest BCUT2D eigenvalue weighted by atomic mass is 16.6. The average Bonchev–Trinajstić information content (AvgIpc) is 2.45. The Kier molecular flexibility index (Phi) is 5.70. The number of nitrogens with one attached hydrogen (secondary N) is 2. The molecule has 2 heterocycles. The van der Waals surface area contributed by atoms with Crippen molar-refractivity contribution in [3.63, 3.8) is 0 Å². The molecule has 0 spiro atoms. The van der Waals surface area contributed by atoms with Gasteiger partial charge in [0.2, 0.25) is 0 Å². The zero-order chi connectivity index (χ0) is 18.0. The highest BCUT2D eigenvalue weighted by Gasteiger charge is 2.37. The average molecular weight is 342 g/mol. The molecule has 0 aromatic carbocycles. The highest BCUT2D eigenvalue weighted by molar-refractivity contribution is 5.68. The molecule has 2 aliphatic heterocycles. The predicted molar refractivity (Wildman–Crippen MR) is 90.4 cm³/mol. The van der Waals surface area contributed by atoms with Crippen LogP contribution in [0.3, 0.4) is 0 Å². The Morgan fingerprint density at radius 2 is 1.96 bits per heavy atom. The van der Waals surface area contributed by atoms with Gasteiger partial charge in [-0.25, -0.2) is 4.79 Å². The number of carbonyl (C=O) groups excluding carboxylic acids is 1. The Labute approximate surface area is 143 Å². The first-order valence-corrected chi connectivity index (χ1v) is 8.70. The first kappa shape index (κ1) is 18.9. The molecule has 2 saturated heterocycles. The van der Waals surface area contributed by atoms with Crippen LogP contribution in [0.2, 0.25) is 0 Å². The van der Waals surface area contributed by atoms with Crippen LogP contribution in [0.5, 0.6) is 0 Å². The van der Waals surface area contributed by atoms with E-state index in [0.717, 1.165) is 32.4 Å². The lowest BCUT2D eigenvalue weighted by atomic mass is 9.88. The smallest absolute Gasteiger partial charge is 0.408 e. The summed E-state index contributed by atoms with van der Waals surface area (Å²) in [6.45, 7) is 10.0. The number of rotatable bonds is 3. The monoisotopic (exact) mass is 342 g/mol. The summed E-state index contributed by atoms with van der Waals surface area (Å²) < 4.78 is 5.35. The molecule has 0 saturated carbocycles. The van der Waals surface area contributed by atoms with Crippen molar-refractivity contribution in [2.45, 2.75) is 76.7 Å². The molecule has 0 aliphatic carbocycles. The van der Waals surface area contributed by atoms with E-state index < -0.39 is 11.8 Å². The zero-order valence-corrected chi connectivity index (χ0v) is 15.1. The summed E-state index contributed by atoms with van der Waals surface area (Å²) >= 11 is 0. The molecular formula is C16H30N4O4. The lowest BCUT2D eigenvalue weighted by Gasteiger charge is -2.44. The Morgan fingerprint density at radius 1 is 1.33 bits per heavy atom. The maximum Gasteiger partial charge on any atom is 0.408 e. The van der Waals surface area contributed by atoms with Crippen molar-refractivity contribution in [2.24, 2.45) is 0 Å². The quantitative estimate of drug-likeness (QED) is 0.599. The topological polar surface area (TPSA) is 96.7 Å². The number of likely N-dealkylation sites (tertiary alicyclic amines) is 1. The van der Waals surface area contributed by atoms with E-state index in [9.17, 15) is 14.9 Å². The number of carbonyl (C=O) groups is 1. The van der Waals surface area contributed by atoms with Crippen LogP contribution in [0.4, 0.5) is 4.79 Å². The molecule has 0 radical (unpaired) electrons. The van der Waals surface area contributed by atoms with E-state index in [0.29, 0.717) is 19.0 Å². The summed E-state index contributed by atoms with van der Waals surface area (Å²) in [6.07, 6.45) is 2.14. The highest BCUT2D eigenvalue weighted by Crippen LogP contribution is 2.26. The molecule has 2 N–H and O–H groups in total. The summed E-state index contributed by atoms with van der Waals surface area (Å²) in [5, 5.41) is 16.8. The minimum absolute atomic E-state index is 0.242. The summed E-state index contributed by atoms with van der Waals surface area (Å²) in [5.74, 6) is 0. The second-order valence-corrected chi connectivity index (χ2v) is 8.16. The molecule has 2 unspecified atom stereocenters. The van der Waals surface area contributed by atoms with E-state index in [1.54, 1.807) is 0 Å². The second kappa shape index (κ2) is 7.23. The van der Waals surface area contributed by atoms with E-state index in [4.69, 9.17) is 4.74 Å². The summed E-state index contributed by atoms with van der Waals surface area (Å²) in [4.78, 5) is 24.9. The molecule has 0 aromatic heterocycles. The van der Waals surface area contributed by atoms with Crippen LogP contribution in [0.25, 0.3) is 0 Å². The Balaban J connectivity index is 1.78. The van der Waals surface area contributed by atoms with E-state index in [2.05, 4.69) is 22.5 Å². The van der Waals surface area contributed by atoms with Gasteiger partial charge in [-0.05, 0) is 47.0 Å². The van der Waals surface area contributed by atoms with Gasteiger partial charge in [-0.1, -0.05) is 0 Å². The van der Waals surface area contributed by atoms with Gasteiger partial charge in [0.25, 0.3) is 6.17 Å². The van der Waals surface area contributed by atoms with Crippen molar-refractivity contribution in [1.82, 2.24) is 15.5 Å². The van der Waals surface area contributed by atoms with Crippen molar-refractivity contribution in [3.05, 3.63) is 10.1 Å². The van der Waals surface area contributed by atoms with Crippen LogP contribution >= 0.6 is 0 Å². The molecule has 2 aliphatic rings. The molecule has 8 nitrogen and oxygen atoms in total. The van der Waals surface area contributed by atoms with Crippen LogP contribution < -0.4 is 10.6 Å². The van der Waals surface area contributed by atoms with Crippen LogP contribution in [-0.2, 0) is 4.74 Å². The number of nitrogens with zero attached hydrogens (tertiary/aromatic N) is 2. The van der Waals surface area contributed by atoms with Gasteiger partial charge in [-0.2, -0.15) is 0 Å². The van der Waals surface area contributed by atoms with Crippen molar-refractivity contribution < 1.29 is 14.5 Å². The number of ether oxygens (including phenoxy) is 1. The fourth-order valence-corrected chi connectivity index (χ4v) is 3.38. The molecule has 2 fully saturated rings. The van der Waals surface area contributed by atoms with Crippen LogP contribution in [-0.4, -0.2) is 58.9 Å². The van der Waals surface area contributed by atoms with Gasteiger partial charge in [0.15, 0.2) is 0 Å². The van der Waals surface area contributed by atoms with E-state index in [-0.39, 0.29) is 16.6 Å². The minimum atomic E-state index is -0.606. The third-order valence-electron chi connectivity index (χ3n) is 4.84. The van der Waals surface area contributed by atoms with Gasteiger partial charge in [0.1, 0.15) is 5.60 Å². The van der Waals surface area contributed by atoms with Crippen LogP contribution in [0, 0.1) is 10.1 Å². The maximum atomic E-state index is 12.0. The number of piperidine rings is 2. The number of amides is 1. The number of alkyl carbamates (subject to hydrolysis) is 1. The third kappa shape index (κ3) is 5.31. The summed E-state index contributed by atoms with van der Waals surface area (Å²) in [6, 6.07) is 0.340. The van der Waals surface area contributed by atoms with Gasteiger partial charge in [-0.15, -0.1) is 0 Å². The Hall–Kier alpha value is -1.41. The Bertz CT molecular complexity index is 461. The zero-order valence-electron chi connectivity index (χ0n) is 15.1. The van der Waals surface area contributed by atoms with Crippen molar-refractivity contribution >= 4 is 6.09 Å². The lowest BCUT2D eigenvalue weighted by molar-refractivity contribution is -0.532. The van der Waals surface area contributed by atoms with Gasteiger partial charge in [-0.3, -0.25) is 20.3 Å². The number of nitro groups is 1. The minimum Gasteiger partial charge on any atom is -0.444 e. The predicted octanol–water partition coefficient (Wildman–Crippen LogP) is 1.72. The fraction of sp³-hybridized carbons (Fsp3) is 0.938. The van der Waals surface area contributed by atoms with Crippen molar-refractivity contribution in [1.29, 1.82) is 0 Å². The largest absolute Gasteiger partial charge is 0.444 e. The second-order valence-electron chi connectivity index (χ2n) is 8.16. The molecular weight excluding hydrogens is 312 g/mol. The fourth-order valence-electron chi connectivity index (χ4n) is 3.38. The molecule has 0 aromatic rings. The SMILES string of the molecule is CC1(NC(=O)OC(C)(C)C)CCN(C2CCC([N+](=O)[O-])NC2)CC1. The number of hydrogen-bond donors (Lipinski definition) is 2. The van der Waals surface area contributed by atoms with E-state index >= 15 is 0 Å². The molecule has 8 heteroatoms. The standard InChI is InChI=1S/C16H30N4O4/c1-15(2,3)24-14(21)18-16(4)7-9-19(10-8-16)12-5-6-13(17-11-12)20(22)23/h12-13,17H,5-11H2,1-4H3,(H,18,21). The summed E-state index contributed by atoms with van der Waals surface area (Å²) in [5.41, 5.74) is -0.757. The van der Waals surface area contributed by atoms with Crippen LogP contribution in [0.15, 0.2) is 0 Å². The molecule has 2 atom stereocenters. The molecule has 138 valence electrons. The first-order valence-electron chi connectivity index (χ1n) is 8.70. The van der Waals surface area contributed by atoms with Gasteiger partial charge < -0.3 is 10.1 Å². The maximum absolute atomic E-state index is 12.0. The van der Waals surface area contributed by atoms with Gasteiger partial charge in [0, 0.05) is 42.6 Å². The van der Waals surface area contributed by atoms with Crippen molar-refractivity contribution in [2.75, 3.05) is 19.6 Å². The van der Waals surface area contributed by atoms with Crippen LogP contribution in [0.1, 0.15) is 53.4 Å². The van der Waals surface area contributed by atoms with Gasteiger partial charge in [0.05, 0.1) is 0 Å². The molecule has 24 heavy (non-hydrogen) atoms.